The summed E-state index contributed by atoms with van der Waals surface area (Å²) in [5.41, 5.74) is 0.797. The van der Waals surface area contributed by atoms with Gasteiger partial charge in [0.15, 0.2) is 5.78 Å². The molecule has 3 heteroatoms. The number of methoxy groups -OCH3 is 1. The van der Waals surface area contributed by atoms with Gasteiger partial charge in [0.05, 0.1) is 13.2 Å². The van der Waals surface area contributed by atoms with Gasteiger partial charge in [0.25, 0.3) is 0 Å². The summed E-state index contributed by atoms with van der Waals surface area (Å²) in [7, 11) is 1.66. The molecule has 0 spiro atoms. The van der Waals surface area contributed by atoms with Crippen LogP contribution in [0.4, 0.5) is 0 Å². The number of carbonyl (C=O) groups is 1. The first kappa shape index (κ1) is 14.9. The molecule has 0 N–H and O–H groups in total. The van der Waals surface area contributed by atoms with Crippen LogP contribution in [-0.4, -0.2) is 32.7 Å². The molecule has 0 radical (unpaired) electrons. The van der Waals surface area contributed by atoms with Gasteiger partial charge in [-0.1, -0.05) is 37.3 Å². The van der Waals surface area contributed by atoms with Gasteiger partial charge in [-0.3, -0.25) is 4.79 Å². The molecule has 1 rings (SSSR count). The highest BCUT2D eigenvalue weighted by Gasteiger charge is 2.14. The molecule has 18 heavy (non-hydrogen) atoms. The molecular formula is C15H22O3. The molecular weight excluding hydrogens is 228 g/mol. The van der Waals surface area contributed by atoms with E-state index in [-0.39, 0.29) is 11.7 Å². The van der Waals surface area contributed by atoms with Crippen molar-refractivity contribution in [1.29, 1.82) is 0 Å². The van der Waals surface area contributed by atoms with E-state index in [9.17, 15) is 4.79 Å². The third-order valence-corrected chi connectivity index (χ3v) is 2.86. The Morgan fingerprint density at radius 1 is 1.17 bits per heavy atom. The lowest BCUT2D eigenvalue weighted by atomic mass is 9.95. The van der Waals surface area contributed by atoms with E-state index in [0.29, 0.717) is 19.8 Å². The van der Waals surface area contributed by atoms with Crippen molar-refractivity contribution < 1.29 is 14.3 Å². The van der Waals surface area contributed by atoms with E-state index in [0.717, 1.165) is 18.4 Å². The van der Waals surface area contributed by atoms with Gasteiger partial charge in [-0.25, -0.2) is 0 Å². The molecule has 0 amide bonds. The zero-order valence-corrected chi connectivity index (χ0v) is 11.2. The summed E-state index contributed by atoms with van der Waals surface area (Å²) in [5, 5.41) is 0. The molecule has 1 aromatic rings. The van der Waals surface area contributed by atoms with Crippen LogP contribution in [0.25, 0.3) is 0 Å². The lowest BCUT2D eigenvalue weighted by Gasteiger charge is -2.10. The first-order valence-electron chi connectivity index (χ1n) is 6.41. The smallest absolute Gasteiger partial charge is 0.165 e. The summed E-state index contributed by atoms with van der Waals surface area (Å²) < 4.78 is 10.3. The van der Waals surface area contributed by atoms with Crippen molar-refractivity contribution in [2.75, 3.05) is 26.9 Å². The predicted octanol–water partition coefficient (Wildman–Crippen LogP) is 2.95. The molecule has 1 atom stereocenters. The Labute approximate surface area is 109 Å². The maximum Gasteiger partial charge on any atom is 0.165 e. The van der Waals surface area contributed by atoms with Crippen LogP contribution in [0.1, 0.15) is 30.1 Å². The van der Waals surface area contributed by atoms with Gasteiger partial charge in [-0.05, 0) is 12.8 Å². The fourth-order valence-corrected chi connectivity index (χ4v) is 1.75. The van der Waals surface area contributed by atoms with Crippen molar-refractivity contribution in [2.45, 2.75) is 19.8 Å². The van der Waals surface area contributed by atoms with Crippen molar-refractivity contribution in [3.05, 3.63) is 35.9 Å². The minimum Gasteiger partial charge on any atom is -0.382 e. The molecule has 1 unspecified atom stereocenters. The summed E-state index contributed by atoms with van der Waals surface area (Å²) in [5.74, 6) is 0.269. The van der Waals surface area contributed by atoms with E-state index < -0.39 is 0 Å². The van der Waals surface area contributed by atoms with Crippen LogP contribution in [0.5, 0.6) is 0 Å². The third-order valence-electron chi connectivity index (χ3n) is 2.86. The lowest BCUT2D eigenvalue weighted by Crippen LogP contribution is -2.12. The van der Waals surface area contributed by atoms with Gasteiger partial charge in [0, 0.05) is 25.2 Å². The molecule has 0 aliphatic carbocycles. The molecule has 0 aliphatic rings. The van der Waals surface area contributed by atoms with Gasteiger partial charge >= 0.3 is 0 Å². The minimum atomic E-state index is 0.0541. The Balaban J connectivity index is 2.20. The molecule has 0 saturated carbocycles. The SMILES string of the molecule is COCCOCCCC(C)C(=O)c1ccccc1. The van der Waals surface area contributed by atoms with Crippen LogP contribution in [0.15, 0.2) is 30.3 Å². The van der Waals surface area contributed by atoms with Crippen LogP contribution in [0.2, 0.25) is 0 Å². The average molecular weight is 250 g/mol. The van der Waals surface area contributed by atoms with Crippen LogP contribution in [0, 0.1) is 5.92 Å². The highest BCUT2D eigenvalue weighted by atomic mass is 16.5. The topological polar surface area (TPSA) is 35.5 Å². The number of rotatable bonds is 9. The molecule has 0 aromatic heterocycles. The molecule has 0 aliphatic heterocycles. The summed E-state index contributed by atoms with van der Waals surface area (Å²) in [6.45, 7) is 3.91. The van der Waals surface area contributed by atoms with Gasteiger partial charge in [-0.15, -0.1) is 0 Å². The number of ketones is 1. The summed E-state index contributed by atoms with van der Waals surface area (Å²) >= 11 is 0. The van der Waals surface area contributed by atoms with Crippen molar-refractivity contribution in [2.24, 2.45) is 5.92 Å². The molecule has 0 saturated heterocycles. The summed E-state index contributed by atoms with van der Waals surface area (Å²) in [6.07, 6.45) is 1.77. The molecule has 100 valence electrons. The average Bonchev–Trinajstić information content (AvgIpc) is 2.42. The zero-order valence-electron chi connectivity index (χ0n) is 11.2. The van der Waals surface area contributed by atoms with E-state index in [2.05, 4.69) is 0 Å². The molecule has 1 aromatic carbocycles. The first-order chi connectivity index (χ1) is 8.75. The van der Waals surface area contributed by atoms with Crippen molar-refractivity contribution in [3.8, 4) is 0 Å². The summed E-state index contributed by atoms with van der Waals surface area (Å²) in [4.78, 5) is 12.1. The van der Waals surface area contributed by atoms with E-state index in [1.807, 2.05) is 37.3 Å². The second-order valence-electron chi connectivity index (χ2n) is 4.38. The van der Waals surface area contributed by atoms with Crippen molar-refractivity contribution in [1.82, 2.24) is 0 Å². The number of benzene rings is 1. The fraction of sp³-hybridized carbons (Fsp3) is 0.533. The normalized spacial score (nSPS) is 12.3. The van der Waals surface area contributed by atoms with Crippen LogP contribution >= 0.6 is 0 Å². The van der Waals surface area contributed by atoms with Crippen LogP contribution < -0.4 is 0 Å². The zero-order chi connectivity index (χ0) is 13.2. The Bertz CT molecular complexity index is 335. The Hall–Kier alpha value is -1.19. The Morgan fingerprint density at radius 2 is 1.89 bits per heavy atom. The minimum absolute atomic E-state index is 0.0541. The largest absolute Gasteiger partial charge is 0.382 e. The molecule has 0 heterocycles. The fourth-order valence-electron chi connectivity index (χ4n) is 1.75. The first-order valence-corrected chi connectivity index (χ1v) is 6.41. The number of hydrogen-bond acceptors (Lipinski definition) is 3. The van der Waals surface area contributed by atoms with Crippen LogP contribution in [-0.2, 0) is 9.47 Å². The monoisotopic (exact) mass is 250 g/mol. The lowest BCUT2D eigenvalue weighted by molar-refractivity contribution is 0.0663. The van der Waals surface area contributed by atoms with E-state index in [4.69, 9.17) is 9.47 Å². The van der Waals surface area contributed by atoms with Crippen LogP contribution in [0.3, 0.4) is 0 Å². The number of hydrogen-bond donors (Lipinski definition) is 0. The van der Waals surface area contributed by atoms with Crippen molar-refractivity contribution in [3.63, 3.8) is 0 Å². The maximum atomic E-state index is 12.1. The molecule has 0 fully saturated rings. The third kappa shape index (κ3) is 5.43. The highest BCUT2D eigenvalue weighted by Crippen LogP contribution is 2.13. The summed E-state index contributed by atoms with van der Waals surface area (Å²) in [6, 6.07) is 9.45. The van der Waals surface area contributed by atoms with Gasteiger partial charge in [-0.2, -0.15) is 0 Å². The second-order valence-corrected chi connectivity index (χ2v) is 4.38. The maximum absolute atomic E-state index is 12.1. The Kier molecular flexibility index (Phi) is 7.30. The second kappa shape index (κ2) is 8.84. The van der Waals surface area contributed by atoms with Crippen molar-refractivity contribution >= 4 is 5.78 Å². The highest BCUT2D eigenvalue weighted by molar-refractivity contribution is 5.97. The van der Waals surface area contributed by atoms with E-state index >= 15 is 0 Å². The quantitative estimate of drug-likeness (QED) is 0.499. The Morgan fingerprint density at radius 3 is 2.56 bits per heavy atom. The molecule has 0 bridgehead atoms. The standard InChI is InChI=1S/C15H22O3/c1-13(7-6-10-18-12-11-17-2)15(16)14-8-4-3-5-9-14/h3-5,8-9,13H,6-7,10-12H2,1-2H3. The predicted molar refractivity (Wildman–Crippen MR) is 71.9 cm³/mol. The number of carbonyl (C=O) groups excluding carboxylic acids is 1. The van der Waals surface area contributed by atoms with Gasteiger partial charge in [0.2, 0.25) is 0 Å². The van der Waals surface area contributed by atoms with Gasteiger partial charge in [0.1, 0.15) is 0 Å². The van der Waals surface area contributed by atoms with E-state index in [1.54, 1.807) is 7.11 Å². The van der Waals surface area contributed by atoms with E-state index in [1.165, 1.54) is 0 Å². The van der Waals surface area contributed by atoms with Gasteiger partial charge < -0.3 is 9.47 Å². The number of Topliss-reactive ketones (excluding diaryl/α,β-unsaturated/α-hetero) is 1. The molecule has 3 nitrogen and oxygen atoms in total. The number of ether oxygens (including phenoxy) is 2.